The molecule has 0 spiro atoms. The Kier molecular flexibility index (Phi) is 4.41. The summed E-state index contributed by atoms with van der Waals surface area (Å²) in [6, 6.07) is 4.62. The number of pyridine rings is 1. The average Bonchev–Trinajstić information content (AvgIpc) is 2.88. The minimum atomic E-state index is 0.184. The lowest BCUT2D eigenvalue weighted by atomic mass is 10.1. The van der Waals surface area contributed by atoms with Crippen LogP contribution in [0, 0.1) is 0 Å². The highest BCUT2D eigenvalue weighted by atomic mass is 16.2. The maximum absolute atomic E-state index is 13.1. The SMILES string of the molecule is CN1CCN(c2cc(C(=O)N3C4CCNCC3CC4)ccn2)CC1. The number of carbonyl (C=O) groups excluding carboxylic acids is 1. The van der Waals surface area contributed by atoms with Crippen LogP contribution in [0.3, 0.4) is 0 Å². The molecule has 24 heavy (non-hydrogen) atoms. The molecule has 2 unspecified atom stereocenters. The van der Waals surface area contributed by atoms with E-state index in [1.807, 2.05) is 12.1 Å². The van der Waals surface area contributed by atoms with Gasteiger partial charge in [0.05, 0.1) is 0 Å². The summed E-state index contributed by atoms with van der Waals surface area (Å²) in [4.78, 5) is 24.4. The molecule has 6 heteroatoms. The van der Waals surface area contributed by atoms with Crippen LogP contribution in [0.4, 0.5) is 5.82 Å². The van der Waals surface area contributed by atoms with Crippen molar-refractivity contribution >= 4 is 11.7 Å². The topological polar surface area (TPSA) is 51.7 Å². The molecule has 0 aliphatic carbocycles. The number of hydrogen-bond acceptors (Lipinski definition) is 5. The summed E-state index contributed by atoms with van der Waals surface area (Å²) >= 11 is 0. The fourth-order valence-corrected chi connectivity index (χ4v) is 4.22. The lowest BCUT2D eigenvalue weighted by molar-refractivity contribution is 0.0680. The summed E-state index contributed by atoms with van der Waals surface area (Å²) < 4.78 is 0. The zero-order valence-electron chi connectivity index (χ0n) is 14.4. The maximum atomic E-state index is 13.1. The molecular weight excluding hydrogens is 302 g/mol. The van der Waals surface area contributed by atoms with Crippen molar-refractivity contribution in [3.8, 4) is 0 Å². The first-order chi connectivity index (χ1) is 11.7. The van der Waals surface area contributed by atoms with E-state index in [1.54, 1.807) is 6.20 Å². The van der Waals surface area contributed by atoms with Gasteiger partial charge in [-0.05, 0) is 45.0 Å². The van der Waals surface area contributed by atoms with Crippen LogP contribution in [0.15, 0.2) is 18.3 Å². The Hall–Kier alpha value is -1.66. The zero-order chi connectivity index (χ0) is 16.5. The molecule has 3 aliphatic heterocycles. The number of aromatic nitrogens is 1. The Labute approximate surface area is 143 Å². The van der Waals surface area contributed by atoms with E-state index in [0.29, 0.717) is 12.1 Å². The number of anilines is 1. The summed E-state index contributed by atoms with van der Waals surface area (Å²) in [7, 11) is 2.15. The van der Waals surface area contributed by atoms with Gasteiger partial charge in [-0.3, -0.25) is 4.79 Å². The number of fused-ring (bicyclic) bond motifs is 2. The second-order valence-electron chi connectivity index (χ2n) is 7.28. The Balaban J connectivity index is 1.53. The monoisotopic (exact) mass is 329 g/mol. The minimum Gasteiger partial charge on any atom is -0.354 e. The number of carbonyl (C=O) groups is 1. The Morgan fingerprint density at radius 2 is 1.96 bits per heavy atom. The average molecular weight is 329 g/mol. The molecule has 0 radical (unpaired) electrons. The summed E-state index contributed by atoms with van der Waals surface area (Å²) in [5.74, 6) is 1.12. The lowest BCUT2D eigenvalue weighted by Crippen LogP contribution is -2.45. The van der Waals surface area contributed by atoms with Crippen molar-refractivity contribution in [1.29, 1.82) is 0 Å². The predicted molar refractivity (Wildman–Crippen MR) is 94.4 cm³/mol. The van der Waals surface area contributed by atoms with Gasteiger partial charge in [-0.2, -0.15) is 0 Å². The largest absolute Gasteiger partial charge is 0.354 e. The standard InChI is InChI=1S/C18H27N5O/c1-21-8-10-22(11-9-21)17-12-14(4-7-20-17)18(24)23-15-2-3-16(23)13-19-6-5-15/h4,7,12,15-16,19H,2-3,5-6,8-11,13H2,1H3. The molecule has 4 rings (SSSR count). The Morgan fingerprint density at radius 1 is 1.17 bits per heavy atom. The number of piperazine rings is 1. The molecule has 1 aromatic rings. The maximum Gasteiger partial charge on any atom is 0.254 e. The van der Waals surface area contributed by atoms with E-state index in [2.05, 4.69) is 32.0 Å². The number of likely N-dealkylation sites (N-methyl/N-ethyl adjacent to an activating group) is 1. The third-order valence-electron chi connectivity index (χ3n) is 5.71. The molecule has 4 heterocycles. The van der Waals surface area contributed by atoms with Gasteiger partial charge in [-0.15, -0.1) is 0 Å². The fourth-order valence-electron chi connectivity index (χ4n) is 4.22. The molecule has 6 nitrogen and oxygen atoms in total. The van der Waals surface area contributed by atoms with Gasteiger partial charge < -0.3 is 20.0 Å². The Morgan fingerprint density at radius 3 is 2.79 bits per heavy atom. The van der Waals surface area contributed by atoms with E-state index in [1.165, 1.54) is 0 Å². The van der Waals surface area contributed by atoms with Gasteiger partial charge in [0.1, 0.15) is 5.82 Å². The smallest absolute Gasteiger partial charge is 0.254 e. The molecule has 1 amide bonds. The van der Waals surface area contributed by atoms with E-state index in [9.17, 15) is 4.79 Å². The zero-order valence-corrected chi connectivity index (χ0v) is 14.4. The van der Waals surface area contributed by atoms with Crippen LogP contribution in [0.2, 0.25) is 0 Å². The second-order valence-corrected chi connectivity index (χ2v) is 7.28. The first-order valence-electron chi connectivity index (χ1n) is 9.15. The molecule has 3 fully saturated rings. The Bertz CT molecular complexity index is 585. The number of hydrogen-bond donors (Lipinski definition) is 1. The summed E-state index contributed by atoms with van der Waals surface area (Å²) in [5.41, 5.74) is 0.790. The summed E-state index contributed by atoms with van der Waals surface area (Å²) in [6.07, 6.45) is 5.13. The van der Waals surface area contributed by atoms with Crippen LogP contribution in [0.5, 0.6) is 0 Å². The van der Waals surface area contributed by atoms with E-state index in [4.69, 9.17) is 0 Å². The second kappa shape index (κ2) is 6.69. The summed E-state index contributed by atoms with van der Waals surface area (Å²) in [5, 5.41) is 3.46. The van der Waals surface area contributed by atoms with Gasteiger partial charge in [-0.25, -0.2) is 4.98 Å². The van der Waals surface area contributed by atoms with Crippen LogP contribution in [-0.4, -0.2) is 79.1 Å². The number of amides is 1. The minimum absolute atomic E-state index is 0.184. The molecule has 0 saturated carbocycles. The highest BCUT2D eigenvalue weighted by Crippen LogP contribution is 2.30. The molecule has 1 aromatic heterocycles. The third-order valence-corrected chi connectivity index (χ3v) is 5.71. The van der Waals surface area contributed by atoms with E-state index < -0.39 is 0 Å². The van der Waals surface area contributed by atoms with Gasteiger partial charge in [0.15, 0.2) is 0 Å². The molecule has 3 aliphatic rings. The van der Waals surface area contributed by atoms with Crippen LogP contribution >= 0.6 is 0 Å². The van der Waals surface area contributed by atoms with E-state index in [-0.39, 0.29) is 5.91 Å². The van der Waals surface area contributed by atoms with Crippen molar-refractivity contribution < 1.29 is 4.79 Å². The first-order valence-corrected chi connectivity index (χ1v) is 9.15. The molecular formula is C18H27N5O. The van der Waals surface area contributed by atoms with Gasteiger partial charge in [-0.1, -0.05) is 0 Å². The molecule has 0 aromatic carbocycles. The van der Waals surface area contributed by atoms with Crippen LogP contribution in [0.1, 0.15) is 29.6 Å². The summed E-state index contributed by atoms with van der Waals surface area (Å²) in [6.45, 7) is 5.98. The van der Waals surface area contributed by atoms with E-state index in [0.717, 1.165) is 69.9 Å². The van der Waals surface area contributed by atoms with Gasteiger partial charge in [0.25, 0.3) is 5.91 Å². The van der Waals surface area contributed by atoms with Crippen LogP contribution in [-0.2, 0) is 0 Å². The van der Waals surface area contributed by atoms with Crippen LogP contribution < -0.4 is 10.2 Å². The quantitative estimate of drug-likeness (QED) is 0.870. The molecule has 130 valence electrons. The van der Waals surface area contributed by atoms with E-state index >= 15 is 0 Å². The van der Waals surface area contributed by atoms with Crippen molar-refractivity contribution in [1.82, 2.24) is 20.1 Å². The predicted octanol–water partition coefficient (Wildman–Crippen LogP) is 0.800. The van der Waals surface area contributed by atoms with Crippen molar-refractivity contribution in [3.63, 3.8) is 0 Å². The van der Waals surface area contributed by atoms with Gasteiger partial charge in [0, 0.05) is 56.6 Å². The van der Waals surface area contributed by atoms with Crippen molar-refractivity contribution in [3.05, 3.63) is 23.9 Å². The normalized spacial score (nSPS) is 28.0. The fraction of sp³-hybridized carbons (Fsp3) is 0.667. The highest BCUT2D eigenvalue weighted by Gasteiger charge is 2.38. The number of rotatable bonds is 2. The molecule has 2 bridgehead atoms. The number of nitrogens with one attached hydrogen (secondary N) is 1. The highest BCUT2D eigenvalue weighted by molar-refractivity contribution is 5.95. The van der Waals surface area contributed by atoms with Crippen molar-refractivity contribution in [2.75, 3.05) is 51.2 Å². The van der Waals surface area contributed by atoms with Gasteiger partial charge >= 0.3 is 0 Å². The van der Waals surface area contributed by atoms with Crippen molar-refractivity contribution in [2.45, 2.75) is 31.3 Å². The van der Waals surface area contributed by atoms with Crippen molar-refractivity contribution in [2.24, 2.45) is 0 Å². The first kappa shape index (κ1) is 15.8. The van der Waals surface area contributed by atoms with Gasteiger partial charge in [0.2, 0.25) is 0 Å². The third kappa shape index (κ3) is 3.00. The number of nitrogens with zero attached hydrogens (tertiary/aromatic N) is 4. The lowest BCUT2D eigenvalue weighted by Gasteiger charge is -2.33. The molecule has 3 saturated heterocycles. The molecule has 1 N–H and O–H groups in total. The van der Waals surface area contributed by atoms with Crippen LogP contribution in [0.25, 0.3) is 0 Å². The molecule has 2 atom stereocenters.